The van der Waals surface area contributed by atoms with Gasteiger partial charge in [-0.3, -0.25) is 0 Å². The van der Waals surface area contributed by atoms with Gasteiger partial charge in [-0.25, -0.2) is 0 Å². The van der Waals surface area contributed by atoms with Crippen molar-refractivity contribution in [1.29, 1.82) is 0 Å². The highest BCUT2D eigenvalue weighted by Gasteiger charge is 2.22. The van der Waals surface area contributed by atoms with E-state index in [9.17, 15) is 0 Å². The van der Waals surface area contributed by atoms with Gasteiger partial charge in [0, 0.05) is 24.8 Å². The van der Waals surface area contributed by atoms with E-state index in [1.54, 1.807) is 0 Å². The first-order valence-corrected chi connectivity index (χ1v) is 6.13. The number of hydrogen-bond donors (Lipinski definition) is 1. The fourth-order valence-electron chi connectivity index (χ4n) is 2.42. The predicted molar refractivity (Wildman–Crippen MR) is 70.2 cm³/mol. The van der Waals surface area contributed by atoms with Crippen molar-refractivity contribution < 1.29 is 0 Å². The van der Waals surface area contributed by atoms with Gasteiger partial charge in [0.2, 0.25) is 0 Å². The third-order valence-electron chi connectivity index (χ3n) is 3.74. The van der Waals surface area contributed by atoms with E-state index < -0.39 is 0 Å². The van der Waals surface area contributed by atoms with Gasteiger partial charge in [-0.15, -0.1) is 0 Å². The van der Waals surface area contributed by atoms with Crippen molar-refractivity contribution in [3.05, 3.63) is 29.3 Å². The zero-order valence-corrected chi connectivity index (χ0v) is 10.7. The number of nitrogens with zero attached hydrogens (tertiary/aromatic N) is 1. The highest BCUT2D eigenvalue weighted by molar-refractivity contribution is 5.59. The van der Waals surface area contributed by atoms with E-state index in [0.717, 1.165) is 6.42 Å². The Bertz CT molecular complexity index is 373. The molecule has 2 heteroatoms. The largest absolute Gasteiger partial charge is 0.371 e. The lowest BCUT2D eigenvalue weighted by Crippen LogP contribution is -2.24. The maximum absolute atomic E-state index is 3.29. The fourth-order valence-corrected chi connectivity index (χ4v) is 2.42. The second kappa shape index (κ2) is 4.46. The summed E-state index contributed by atoms with van der Waals surface area (Å²) in [6.07, 6.45) is 2.30. The van der Waals surface area contributed by atoms with Crippen molar-refractivity contribution >= 4 is 5.69 Å². The average molecular weight is 218 g/mol. The summed E-state index contributed by atoms with van der Waals surface area (Å²) < 4.78 is 0. The zero-order valence-electron chi connectivity index (χ0n) is 10.7. The van der Waals surface area contributed by atoms with Gasteiger partial charge in [0.1, 0.15) is 0 Å². The van der Waals surface area contributed by atoms with Crippen molar-refractivity contribution in [3.8, 4) is 0 Å². The molecule has 1 N–H and O–H groups in total. The number of nitrogens with one attached hydrogen (secondary N) is 1. The molecule has 1 aromatic rings. The number of benzene rings is 1. The van der Waals surface area contributed by atoms with E-state index in [1.807, 2.05) is 7.05 Å². The van der Waals surface area contributed by atoms with Crippen LogP contribution in [0.3, 0.4) is 0 Å². The van der Waals surface area contributed by atoms with Gasteiger partial charge in [0.15, 0.2) is 0 Å². The molecule has 1 heterocycles. The van der Waals surface area contributed by atoms with Gasteiger partial charge in [0.05, 0.1) is 0 Å². The van der Waals surface area contributed by atoms with Crippen molar-refractivity contribution in [1.82, 2.24) is 5.32 Å². The fraction of sp³-hybridized carbons (Fsp3) is 0.571. The Labute approximate surface area is 98.7 Å². The second-order valence-electron chi connectivity index (χ2n) is 5.02. The number of rotatable bonds is 3. The summed E-state index contributed by atoms with van der Waals surface area (Å²) >= 11 is 0. The van der Waals surface area contributed by atoms with E-state index in [4.69, 9.17) is 0 Å². The van der Waals surface area contributed by atoms with Crippen molar-refractivity contribution in [2.45, 2.75) is 38.8 Å². The van der Waals surface area contributed by atoms with E-state index in [2.05, 4.69) is 49.3 Å². The summed E-state index contributed by atoms with van der Waals surface area (Å²) in [5, 5.41) is 3.29. The van der Waals surface area contributed by atoms with Gasteiger partial charge in [-0.2, -0.15) is 0 Å². The molecule has 2 unspecified atom stereocenters. The molecule has 0 bridgehead atoms. The molecule has 0 aliphatic carbocycles. The van der Waals surface area contributed by atoms with Crippen LogP contribution < -0.4 is 10.2 Å². The van der Waals surface area contributed by atoms with Gasteiger partial charge in [-0.05, 0) is 50.9 Å². The minimum absolute atomic E-state index is 0.551. The molecule has 88 valence electrons. The molecular weight excluding hydrogens is 196 g/mol. The molecule has 0 amide bonds. The number of fused-ring (bicyclic) bond motifs is 1. The quantitative estimate of drug-likeness (QED) is 0.837. The molecule has 0 spiro atoms. The lowest BCUT2D eigenvalue weighted by Gasteiger charge is -2.18. The summed E-state index contributed by atoms with van der Waals surface area (Å²) in [4.78, 5) is 2.38. The van der Waals surface area contributed by atoms with Gasteiger partial charge in [-0.1, -0.05) is 12.1 Å². The topological polar surface area (TPSA) is 15.3 Å². The average Bonchev–Trinajstić information content (AvgIpc) is 2.54. The van der Waals surface area contributed by atoms with Crippen LogP contribution in [0.2, 0.25) is 0 Å². The Hall–Kier alpha value is -1.02. The van der Waals surface area contributed by atoms with Crippen LogP contribution in [0.1, 0.15) is 25.0 Å². The molecule has 16 heavy (non-hydrogen) atoms. The molecule has 2 nitrogen and oxygen atoms in total. The van der Waals surface area contributed by atoms with E-state index in [0.29, 0.717) is 12.1 Å². The van der Waals surface area contributed by atoms with Crippen molar-refractivity contribution in [2.24, 2.45) is 0 Å². The lowest BCUT2D eigenvalue weighted by molar-refractivity contribution is 0.608. The number of likely N-dealkylation sites (N-methyl/N-ethyl adjacent to an activating group) is 2. The predicted octanol–water partition coefficient (Wildman–Crippen LogP) is 2.22. The third-order valence-corrected chi connectivity index (χ3v) is 3.74. The van der Waals surface area contributed by atoms with Gasteiger partial charge in [0.25, 0.3) is 0 Å². The maximum atomic E-state index is 3.29. The maximum Gasteiger partial charge on any atom is 0.0399 e. The first-order valence-electron chi connectivity index (χ1n) is 6.13. The molecule has 0 saturated heterocycles. The molecule has 0 radical (unpaired) electrons. The van der Waals surface area contributed by atoms with Crippen LogP contribution in [0.5, 0.6) is 0 Å². The van der Waals surface area contributed by atoms with Crippen LogP contribution in [-0.4, -0.2) is 26.2 Å². The monoisotopic (exact) mass is 218 g/mol. The molecule has 0 fully saturated rings. The minimum Gasteiger partial charge on any atom is -0.371 e. The summed E-state index contributed by atoms with van der Waals surface area (Å²) in [5.41, 5.74) is 4.37. The molecule has 2 atom stereocenters. The summed E-state index contributed by atoms with van der Waals surface area (Å²) in [6.45, 7) is 4.51. The van der Waals surface area contributed by atoms with Crippen molar-refractivity contribution in [2.75, 3.05) is 19.0 Å². The Morgan fingerprint density at radius 2 is 2.25 bits per heavy atom. The Balaban J connectivity index is 2.18. The highest BCUT2D eigenvalue weighted by Crippen LogP contribution is 2.31. The first-order chi connectivity index (χ1) is 7.61. The summed E-state index contributed by atoms with van der Waals surface area (Å²) in [7, 11) is 4.21. The smallest absolute Gasteiger partial charge is 0.0399 e. The van der Waals surface area contributed by atoms with Crippen LogP contribution in [0.4, 0.5) is 5.69 Å². The Morgan fingerprint density at radius 3 is 2.94 bits per heavy atom. The highest BCUT2D eigenvalue weighted by atomic mass is 15.1. The minimum atomic E-state index is 0.551. The van der Waals surface area contributed by atoms with E-state index in [1.165, 1.54) is 23.2 Å². The number of hydrogen-bond acceptors (Lipinski definition) is 2. The van der Waals surface area contributed by atoms with Gasteiger partial charge < -0.3 is 10.2 Å². The van der Waals surface area contributed by atoms with E-state index in [-0.39, 0.29) is 0 Å². The normalized spacial score (nSPS) is 21.0. The standard InChI is InChI=1S/C14H22N2/c1-10(15-3)7-12-5-6-14-13(9-12)8-11(2)16(14)4/h5-6,9-11,15H,7-8H2,1-4H3. The summed E-state index contributed by atoms with van der Waals surface area (Å²) in [5.74, 6) is 0. The summed E-state index contributed by atoms with van der Waals surface area (Å²) in [6, 6.07) is 8.11. The van der Waals surface area contributed by atoms with Crippen LogP contribution in [0.25, 0.3) is 0 Å². The molecule has 1 aromatic carbocycles. The van der Waals surface area contributed by atoms with Gasteiger partial charge >= 0.3 is 0 Å². The molecule has 1 aliphatic heterocycles. The zero-order chi connectivity index (χ0) is 11.7. The van der Waals surface area contributed by atoms with Crippen LogP contribution >= 0.6 is 0 Å². The van der Waals surface area contributed by atoms with Crippen molar-refractivity contribution in [3.63, 3.8) is 0 Å². The molecular formula is C14H22N2. The van der Waals surface area contributed by atoms with E-state index >= 15 is 0 Å². The van der Waals surface area contributed by atoms with Crippen LogP contribution in [-0.2, 0) is 12.8 Å². The second-order valence-corrected chi connectivity index (χ2v) is 5.02. The SMILES string of the molecule is CNC(C)Cc1ccc2c(c1)CC(C)N2C. The molecule has 0 saturated carbocycles. The first kappa shape index (κ1) is 11.5. The third kappa shape index (κ3) is 2.07. The Kier molecular flexibility index (Phi) is 3.20. The van der Waals surface area contributed by atoms with Crippen LogP contribution in [0.15, 0.2) is 18.2 Å². The molecule has 0 aromatic heterocycles. The Morgan fingerprint density at radius 1 is 1.50 bits per heavy atom. The number of anilines is 1. The lowest BCUT2D eigenvalue weighted by atomic mass is 10.0. The molecule has 1 aliphatic rings. The molecule has 2 rings (SSSR count). The van der Waals surface area contributed by atoms with Crippen LogP contribution in [0, 0.1) is 0 Å².